The molecule has 0 saturated carbocycles. The molecule has 110 valence electrons. The highest BCUT2D eigenvalue weighted by molar-refractivity contribution is 9.10. The summed E-state index contributed by atoms with van der Waals surface area (Å²) < 4.78 is 5.73. The highest BCUT2D eigenvalue weighted by Crippen LogP contribution is 2.34. The van der Waals surface area contributed by atoms with Crippen molar-refractivity contribution in [3.8, 4) is 5.75 Å². The standard InChI is InChI=1S/C14H9BrCl3NO2/c1-21-8-2-3-10(15)9(6-8)14(20)19-13-11(17)4-7(16)5-12(13)18/h2-6H,1H3,(H,19,20). The number of anilines is 1. The zero-order chi connectivity index (χ0) is 15.6. The van der Waals surface area contributed by atoms with Crippen LogP contribution in [0, 0.1) is 0 Å². The fourth-order valence-corrected chi connectivity index (χ4v) is 2.99. The van der Waals surface area contributed by atoms with Crippen molar-refractivity contribution in [2.75, 3.05) is 12.4 Å². The van der Waals surface area contributed by atoms with Gasteiger partial charge in [0.05, 0.1) is 28.4 Å². The molecular weight excluding hydrogens is 400 g/mol. The smallest absolute Gasteiger partial charge is 0.257 e. The van der Waals surface area contributed by atoms with Crippen molar-refractivity contribution in [2.24, 2.45) is 0 Å². The van der Waals surface area contributed by atoms with Crippen LogP contribution in [0.25, 0.3) is 0 Å². The van der Waals surface area contributed by atoms with E-state index in [-0.39, 0.29) is 16.0 Å². The Labute approximate surface area is 145 Å². The second-order valence-electron chi connectivity index (χ2n) is 4.04. The van der Waals surface area contributed by atoms with E-state index in [0.717, 1.165) is 0 Å². The molecular formula is C14H9BrCl3NO2. The lowest BCUT2D eigenvalue weighted by Crippen LogP contribution is -2.13. The number of hydrogen-bond acceptors (Lipinski definition) is 2. The van der Waals surface area contributed by atoms with Gasteiger partial charge in [-0.05, 0) is 46.3 Å². The Balaban J connectivity index is 2.35. The van der Waals surface area contributed by atoms with Gasteiger partial charge < -0.3 is 10.1 Å². The summed E-state index contributed by atoms with van der Waals surface area (Å²) in [5, 5.41) is 3.59. The van der Waals surface area contributed by atoms with E-state index in [1.54, 1.807) is 18.2 Å². The molecule has 1 amide bonds. The van der Waals surface area contributed by atoms with E-state index in [0.29, 0.717) is 26.5 Å². The van der Waals surface area contributed by atoms with E-state index in [4.69, 9.17) is 39.5 Å². The molecule has 0 aliphatic carbocycles. The average molecular weight is 409 g/mol. The number of nitrogens with one attached hydrogen (secondary N) is 1. The monoisotopic (exact) mass is 407 g/mol. The van der Waals surface area contributed by atoms with Crippen LogP contribution in [-0.4, -0.2) is 13.0 Å². The van der Waals surface area contributed by atoms with Crippen molar-refractivity contribution < 1.29 is 9.53 Å². The van der Waals surface area contributed by atoms with Gasteiger partial charge in [0.25, 0.3) is 5.91 Å². The van der Waals surface area contributed by atoms with Gasteiger partial charge in [-0.15, -0.1) is 0 Å². The summed E-state index contributed by atoms with van der Waals surface area (Å²) in [5.41, 5.74) is 0.707. The van der Waals surface area contributed by atoms with Crippen molar-refractivity contribution in [3.05, 3.63) is 55.4 Å². The summed E-state index contributed by atoms with van der Waals surface area (Å²) in [6.07, 6.45) is 0. The molecule has 0 radical (unpaired) electrons. The average Bonchev–Trinajstić information content (AvgIpc) is 2.43. The maximum atomic E-state index is 12.3. The molecule has 2 aromatic carbocycles. The van der Waals surface area contributed by atoms with E-state index in [1.165, 1.54) is 19.2 Å². The number of rotatable bonds is 3. The van der Waals surface area contributed by atoms with Crippen molar-refractivity contribution in [3.63, 3.8) is 0 Å². The summed E-state index contributed by atoms with van der Waals surface area (Å²) in [5.74, 6) is 0.198. The largest absolute Gasteiger partial charge is 0.497 e. The summed E-state index contributed by atoms with van der Waals surface area (Å²) in [6, 6.07) is 8.08. The number of carbonyl (C=O) groups excluding carboxylic acids is 1. The van der Waals surface area contributed by atoms with Crippen LogP contribution in [0.3, 0.4) is 0 Å². The van der Waals surface area contributed by atoms with Crippen LogP contribution < -0.4 is 10.1 Å². The summed E-state index contributed by atoms with van der Waals surface area (Å²) >= 11 is 21.2. The lowest BCUT2D eigenvalue weighted by molar-refractivity contribution is 0.102. The van der Waals surface area contributed by atoms with E-state index in [9.17, 15) is 4.79 Å². The van der Waals surface area contributed by atoms with Crippen LogP contribution >= 0.6 is 50.7 Å². The third-order valence-corrected chi connectivity index (χ3v) is 4.17. The van der Waals surface area contributed by atoms with Gasteiger partial charge in [0.1, 0.15) is 5.75 Å². The predicted octanol–water partition coefficient (Wildman–Crippen LogP) is 5.67. The Morgan fingerprint density at radius 1 is 1.14 bits per heavy atom. The minimum atomic E-state index is -0.369. The van der Waals surface area contributed by atoms with E-state index >= 15 is 0 Å². The minimum absolute atomic E-state index is 0.264. The quantitative estimate of drug-likeness (QED) is 0.709. The van der Waals surface area contributed by atoms with Gasteiger partial charge in [-0.1, -0.05) is 34.8 Å². The number of hydrogen-bond donors (Lipinski definition) is 1. The predicted molar refractivity (Wildman–Crippen MR) is 90.1 cm³/mol. The fraction of sp³-hybridized carbons (Fsp3) is 0.0714. The molecule has 3 nitrogen and oxygen atoms in total. The lowest BCUT2D eigenvalue weighted by Gasteiger charge is -2.11. The van der Waals surface area contributed by atoms with Crippen LogP contribution in [0.2, 0.25) is 15.1 Å². The van der Waals surface area contributed by atoms with Crippen LogP contribution in [0.1, 0.15) is 10.4 Å². The topological polar surface area (TPSA) is 38.3 Å². The molecule has 0 atom stereocenters. The van der Waals surface area contributed by atoms with Gasteiger partial charge in [0.15, 0.2) is 0 Å². The van der Waals surface area contributed by atoms with Crippen molar-refractivity contribution in [1.82, 2.24) is 0 Å². The molecule has 2 aromatic rings. The van der Waals surface area contributed by atoms with Crippen molar-refractivity contribution >= 4 is 62.3 Å². The van der Waals surface area contributed by atoms with E-state index in [2.05, 4.69) is 21.2 Å². The highest BCUT2D eigenvalue weighted by atomic mass is 79.9. The molecule has 1 N–H and O–H groups in total. The second kappa shape index (κ2) is 6.88. The first-order valence-corrected chi connectivity index (χ1v) is 7.64. The molecule has 0 fully saturated rings. The van der Waals surface area contributed by atoms with Gasteiger partial charge in [0.2, 0.25) is 0 Å². The molecule has 21 heavy (non-hydrogen) atoms. The highest BCUT2D eigenvalue weighted by Gasteiger charge is 2.15. The molecule has 0 aromatic heterocycles. The Morgan fingerprint density at radius 3 is 2.33 bits per heavy atom. The second-order valence-corrected chi connectivity index (χ2v) is 6.15. The Morgan fingerprint density at radius 2 is 1.76 bits per heavy atom. The maximum Gasteiger partial charge on any atom is 0.257 e. The van der Waals surface area contributed by atoms with Crippen LogP contribution in [0.5, 0.6) is 5.75 Å². The molecule has 7 heteroatoms. The molecule has 0 aliphatic rings. The van der Waals surface area contributed by atoms with Gasteiger partial charge in [-0.25, -0.2) is 0 Å². The third kappa shape index (κ3) is 3.83. The first-order valence-electron chi connectivity index (χ1n) is 5.72. The van der Waals surface area contributed by atoms with Crippen LogP contribution in [0.15, 0.2) is 34.8 Å². The van der Waals surface area contributed by atoms with Gasteiger partial charge in [0, 0.05) is 9.50 Å². The number of methoxy groups -OCH3 is 1. The molecule has 0 bridgehead atoms. The van der Waals surface area contributed by atoms with Crippen molar-refractivity contribution in [1.29, 1.82) is 0 Å². The first-order chi connectivity index (χ1) is 9.92. The minimum Gasteiger partial charge on any atom is -0.497 e. The molecule has 0 heterocycles. The Bertz CT molecular complexity index is 684. The normalized spacial score (nSPS) is 10.3. The van der Waals surface area contributed by atoms with Crippen LogP contribution in [-0.2, 0) is 0 Å². The summed E-state index contributed by atoms with van der Waals surface area (Å²) in [4.78, 5) is 12.3. The molecule has 0 unspecified atom stereocenters. The van der Waals surface area contributed by atoms with Gasteiger partial charge >= 0.3 is 0 Å². The molecule has 2 rings (SSSR count). The van der Waals surface area contributed by atoms with Crippen molar-refractivity contribution in [2.45, 2.75) is 0 Å². The molecule has 0 spiro atoms. The van der Waals surface area contributed by atoms with E-state index < -0.39 is 0 Å². The summed E-state index contributed by atoms with van der Waals surface area (Å²) in [6.45, 7) is 0. The number of amides is 1. The zero-order valence-electron chi connectivity index (χ0n) is 10.7. The number of halogens is 4. The molecule has 0 saturated heterocycles. The number of benzene rings is 2. The lowest BCUT2D eigenvalue weighted by atomic mass is 10.2. The fourth-order valence-electron chi connectivity index (χ4n) is 1.65. The SMILES string of the molecule is COc1ccc(Br)c(C(=O)Nc2c(Cl)cc(Cl)cc2Cl)c1. The Kier molecular flexibility index (Phi) is 5.38. The third-order valence-electron chi connectivity index (χ3n) is 2.66. The summed E-state index contributed by atoms with van der Waals surface area (Å²) in [7, 11) is 1.53. The number of ether oxygens (including phenoxy) is 1. The van der Waals surface area contributed by atoms with Gasteiger partial charge in [-0.3, -0.25) is 4.79 Å². The maximum absolute atomic E-state index is 12.3. The zero-order valence-corrected chi connectivity index (χ0v) is 14.6. The Hall–Kier alpha value is -0.940. The van der Waals surface area contributed by atoms with E-state index in [1.807, 2.05) is 0 Å². The van der Waals surface area contributed by atoms with Gasteiger partial charge in [-0.2, -0.15) is 0 Å². The first kappa shape index (κ1) is 16.4. The number of carbonyl (C=O) groups is 1. The molecule has 0 aliphatic heterocycles. The van der Waals surface area contributed by atoms with Crippen LogP contribution in [0.4, 0.5) is 5.69 Å².